The minimum Gasteiger partial charge on any atom is -0.395 e. The number of likely N-dealkylation sites (N-methyl/N-ethyl adjacent to an activating group) is 1. The van der Waals surface area contributed by atoms with E-state index in [0.717, 1.165) is 6.42 Å². The molecule has 3 nitrogen and oxygen atoms in total. The molecule has 0 amide bonds. The lowest BCUT2D eigenvalue weighted by Crippen LogP contribution is -2.48. The number of nitrogens with zero attached hydrogens (tertiary/aromatic N) is 1. The van der Waals surface area contributed by atoms with E-state index in [1.807, 2.05) is 7.05 Å². The maximum Gasteiger partial charge on any atom is 0.0612 e. The van der Waals surface area contributed by atoms with Gasteiger partial charge in [-0.05, 0) is 20.4 Å². The molecule has 0 spiro atoms. The van der Waals surface area contributed by atoms with E-state index in [9.17, 15) is 5.11 Å². The highest BCUT2D eigenvalue weighted by Crippen LogP contribution is 2.21. The van der Waals surface area contributed by atoms with Gasteiger partial charge in [-0.2, -0.15) is 0 Å². The molecule has 0 aliphatic heterocycles. The molecule has 0 aromatic rings. The minimum atomic E-state index is -0.182. The van der Waals surface area contributed by atoms with Crippen molar-refractivity contribution in [3.05, 3.63) is 0 Å². The van der Waals surface area contributed by atoms with Crippen molar-refractivity contribution >= 4 is 0 Å². The molecule has 2 N–H and O–H groups in total. The molecule has 164 valence electrons. The summed E-state index contributed by atoms with van der Waals surface area (Å²) in [6, 6.07) is 0. The number of hydrogen-bond acceptors (Lipinski definition) is 3. The van der Waals surface area contributed by atoms with Crippen LogP contribution in [-0.4, -0.2) is 47.5 Å². The molecule has 0 saturated heterocycles. The van der Waals surface area contributed by atoms with Gasteiger partial charge in [0.05, 0.1) is 13.2 Å². The van der Waals surface area contributed by atoms with E-state index in [4.69, 9.17) is 5.11 Å². The fourth-order valence-corrected chi connectivity index (χ4v) is 3.86. The maximum atomic E-state index is 9.68. The van der Waals surface area contributed by atoms with Crippen molar-refractivity contribution in [3.8, 4) is 0 Å². The third-order valence-corrected chi connectivity index (χ3v) is 6.27. The monoisotopic (exact) mass is 385 g/mol. The molecule has 0 fully saturated rings. The van der Waals surface area contributed by atoms with E-state index in [0.29, 0.717) is 6.54 Å². The van der Waals surface area contributed by atoms with Crippen LogP contribution in [0.2, 0.25) is 0 Å². The lowest BCUT2D eigenvalue weighted by molar-refractivity contribution is 0.0425. The summed E-state index contributed by atoms with van der Waals surface area (Å²) in [5.74, 6) is 0. The van der Waals surface area contributed by atoms with Gasteiger partial charge in [0.2, 0.25) is 0 Å². The standard InChI is InChI=1S/C24H51NO2/c1-4-5-6-7-8-9-10-11-12-13-14-15-16-17-18-19-20-24(2,23-27)25(3)21-22-26/h26-27H,4-23H2,1-3H3. The van der Waals surface area contributed by atoms with Crippen LogP contribution in [0.1, 0.15) is 123 Å². The molecular weight excluding hydrogens is 334 g/mol. The summed E-state index contributed by atoms with van der Waals surface area (Å²) in [6.45, 7) is 5.35. The quantitative estimate of drug-likeness (QED) is 0.227. The number of rotatable bonds is 21. The van der Waals surface area contributed by atoms with Gasteiger partial charge in [-0.15, -0.1) is 0 Å². The maximum absolute atomic E-state index is 9.68. The van der Waals surface area contributed by atoms with Crippen molar-refractivity contribution in [2.75, 3.05) is 26.8 Å². The molecule has 27 heavy (non-hydrogen) atoms. The fraction of sp³-hybridized carbons (Fsp3) is 1.00. The van der Waals surface area contributed by atoms with Gasteiger partial charge in [-0.1, -0.05) is 110 Å². The summed E-state index contributed by atoms with van der Waals surface area (Å²) in [4.78, 5) is 2.10. The molecule has 1 atom stereocenters. The molecule has 0 bridgehead atoms. The van der Waals surface area contributed by atoms with Gasteiger partial charge in [-0.3, -0.25) is 4.90 Å². The van der Waals surface area contributed by atoms with Gasteiger partial charge in [0.15, 0.2) is 0 Å². The van der Waals surface area contributed by atoms with Gasteiger partial charge in [0, 0.05) is 12.1 Å². The predicted octanol–water partition coefficient (Wildman–Crippen LogP) is 6.31. The van der Waals surface area contributed by atoms with Crippen LogP contribution in [0.5, 0.6) is 0 Å². The zero-order valence-electron chi connectivity index (χ0n) is 19.0. The van der Waals surface area contributed by atoms with Crippen LogP contribution in [0.4, 0.5) is 0 Å². The highest BCUT2D eigenvalue weighted by molar-refractivity contribution is 4.83. The van der Waals surface area contributed by atoms with Crippen LogP contribution < -0.4 is 0 Å². The summed E-state index contributed by atoms with van der Waals surface area (Å²) in [5, 5.41) is 18.8. The smallest absolute Gasteiger partial charge is 0.0612 e. The Morgan fingerprint density at radius 3 is 1.33 bits per heavy atom. The van der Waals surface area contributed by atoms with Crippen molar-refractivity contribution in [3.63, 3.8) is 0 Å². The zero-order valence-corrected chi connectivity index (χ0v) is 19.0. The van der Waals surface area contributed by atoms with Crippen LogP contribution in [0.25, 0.3) is 0 Å². The Balaban J connectivity index is 3.35. The molecule has 0 rings (SSSR count). The SMILES string of the molecule is CCCCCCCCCCCCCCCCCCC(C)(CO)N(C)CCO. The molecule has 0 saturated carbocycles. The number of aliphatic hydroxyl groups excluding tert-OH is 2. The largest absolute Gasteiger partial charge is 0.395 e. The van der Waals surface area contributed by atoms with Gasteiger partial charge >= 0.3 is 0 Å². The lowest BCUT2D eigenvalue weighted by atomic mass is 9.93. The van der Waals surface area contributed by atoms with Crippen molar-refractivity contribution in [1.29, 1.82) is 0 Å². The first-order valence-electron chi connectivity index (χ1n) is 12.0. The Kier molecular flexibility index (Phi) is 19.1. The number of hydrogen-bond donors (Lipinski definition) is 2. The molecule has 0 radical (unpaired) electrons. The fourth-order valence-electron chi connectivity index (χ4n) is 3.86. The minimum absolute atomic E-state index is 0.158. The first kappa shape index (κ1) is 26.9. The van der Waals surface area contributed by atoms with Crippen LogP contribution in [0.3, 0.4) is 0 Å². The van der Waals surface area contributed by atoms with Crippen molar-refractivity contribution in [2.24, 2.45) is 0 Å². The Hall–Kier alpha value is -0.120. The average molecular weight is 386 g/mol. The molecular formula is C24H51NO2. The number of β-amino-alcohol motifs (C(OH)–C–C–N with tert-alkyl or cyclic N) is 1. The van der Waals surface area contributed by atoms with Crippen LogP contribution in [0.15, 0.2) is 0 Å². The second kappa shape index (κ2) is 19.2. The Bertz CT molecular complexity index is 298. The van der Waals surface area contributed by atoms with E-state index in [1.54, 1.807) is 0 Å². The molecule has 0 aliphatic carbocycles. The Labute approximate surface area is 170 Å². The molecule has 0 aromatic carbocycles. The first-order chi connectivity index (χ1) is 13.1. The van der Waals surface area contributed by atoms with E-state index in [1.165, 1.54) is 103 Å². The molecule has 0 aromatic heterocycles. The normalized spacial score (nSPS) is 14.0. The number of aliphatic hydroxyl groups is 2. The molecule has 1 unspecified atom stereocenters. The van der Waals surface area contributed by atoms with Crippen LogP contribution in [-0.2, 0) is 0 Å². The zero-order chi connectivity index (χ0) is 20.2. The summed E-state index contributed by atoms with van der Waals surface area (Å²) in [5.41, 5.74) is -0.182. The topological polar surface area (TPSA) is 43.7 Å². The van der Waals surface area contributed by atoms with Gasteiger partial charge in [0.1, 0.15) is 0 Å². The summed E-state index contributed by atoms with van der Waals surface area (Å²) >= 11 is 0. The van der Waals surface area contributed by atoms with Crippen molar-refractivity contribution in [2.45, 2.75) is 129 Å². The average Bonchev–Trinajstić information content (AvgIpc) is 2.67. The third kappa shape index (κ3) is 15.5. The lowest BCUT2D eigenvalue weighted by Gasteiger charge is -2.37. The molecule has 0 heterocycles. The van der Waals surface area contributed by atoms with Gasteiger partial charge in [-0.25, -0.2) is 0 Å². The van der Waals surface area contributed by atoms with Crippen molar-refractivity contribution in [1.82, 2.24) is 4.90 Å². The molecule has 3 heteroatoms. The van der Waals surface area contributed by atoms with E-state index in [2.05, 4.69) is 18.7 Å². The summed E-state index contributed by atoms with van der Waals surface area (Å²) < 4.78 is 0. The van der Waals surface area contributed by atoms with E-state index < -0.39 is 0 Å². The highest BCUT2D eigenvalue weighted by Gasteiger charge is 2.27. The van der Waals surface area contributed by atoms with Gasteiger partial charge < -0.3 is 10.2 Å². The first-order valence-corrected chi connectivity index (χ1v) is 12.0. The van der Waals surface area contributed by atoms with E-state index >= 15 is 0 Å². The third-order valence-electron chi connectivity index (χ3n) is 6.27. The Morgan fingerprint density at radius 1 is 0.630 bits per heavy atom. The predicted molar refractivity (Wildman–Crippen MR) is 119 cm³/mol. The summed E-state index contributed by atoms with van der Waals surface area (Å²) in [6.07, 6.45) is 23.2. The molecule has 0 aliphatic rings. The highest BCUT2D eigenvalue weighted by atomic mass is 16.3. The summed E-state index contributed by atoms with van der Waals surface area (Å²) in [7, 11) is 2.00. The van der Waals surface area contributed by atoms with Crippen LogP contribution >= 0.6 is 0 Å². The van der Waals surface area contributed by atoms with Crippen molar-refractivity contribution < 1.29 is 10.2 Å². The Morgan fingerprint density at radius 2 is 1.00 bits per heavy atom. The van der Waals surface area contributed by atoms with Gasteiger partial charge in [0.25, 0.3) is 0 Å². The second-order valence-electron chi connectivity index (χ2n) is 8.85. The number of unbranched alkanes of at least 4 members (excludes halogenated alkanes) is 15. The van der Waals surface area contributed by atoms with E-state index in [-0.39, 0.29) is 18.8 Å². The second-order valence-corrected chi connectivity index (χ2v) is 8.85. The van der Waals surface area contributed by atoms with Crippen LogP contribution in [0, 0.1) is 0 Å².